The summed E-state index contributed by atoms with van der Waals surface area (Å²) >= 11 is 0. The van der Waals surface area contributed by atoms with Crippen LogP contribution in [-0.2, 0) is 22.6 Å². The van der Waals surface area contributed by atoms with E-state index in [0.717, 1.165) is 49.0 Å². The smallest absolute Gasteiger partial charge is 0.411 e. The summed E-state index contributed by atoms with van der Waals surface area (Å²) in [6.45, 7) is 0.980. The lowest BCUT2D eigenvalue weighted by molar-refractivity contribution is -0.119. The first kappa shape index (κ1) is 16.6. The number of rotatable bonds is 4. The Balaban J connectivity index is 1.43. The second-order valence-corrected chi connectivity index (χ2v) is 6.90. The van der Waals surface area contributed by atoms with Crippen molar-refractivity contribution in [1.29, 1.82) is 0 Å². The highest BCUT2D eigenvalue weighted by Gasteiger charge is 2.35. The molecular formula is C21H22N2O3. The van der Waals surface area contributed by atoms with Gasteiger partial charge in [0.15, 0.2) is 0 Å². The molecule has 2 aromatic rings. The van der Waals surface area contributed by atoms with E-state index in [4.69, 9.17) is 4.74 Å². The monoisotopic (exact) mass is 350 g/mol. The highest BCUT2D eigenvalue weighted by molar-refractivity contribution is 5.98. The quantitative estimate of drug-likeness (QED) is 0.902. The van der Waals surface area contributed by atoms with Gasteiger partial charge in [-0.3, -0.25) is 10.1 Å². The Kier molecular flexibility index (Phi) is 4.61. The van der Waals surface area contributed by atoms with Crippen molar-refractivity contribution < 1.29 is 14.3 Å². The number of anilines is 2. The zero-order valence-corrected chi connectivity index (χ0v) is 14.6. The predicted octanol–water partition coefficient (Wildman–Crippen LogP) is 4.12. The van der Waals surface area contributed by atoms with E-state index >= 15 is 0 Å². The van der Waals surface area contributed by atoms with Crippen LogP contribution in [0.25, 0.3) is 0 Å². The Morgan fingerprint density at radius 3 is 2.69 bits per heavy atom. The minimum atomic E-state index is -0.496. The molecule has 2 amide bonds. The van der Waals surface area contributed by atoms with Gasteiger partial charge in [0.25, 0.3) is 0 Å². The number of ether oxygens (including phenoxy) is 1. The number of hydrogen-bond acceptors (Lipinski definition) is 3. The molecule has 0 spiro atoms. The Bertz CT molecular complexity index is 815. The number of aryl methyl sites for hydroxylation is 1. The molecule has 0 aromatic heterocycles. The fraction of sp³-hybridized carbons (Fsp3) is 0.333. The molecule has 1 aliphatic heterocycles. The molecule has 4 rings (SSSR count). The fourth-order valence-corrected chi connectivity index (χ4v) is 3.31. The van der Waals surface area contributed by atoms with Crippen LogP contribution >= 0.6 is 0 Å². The Morgan fingerprint density at radius 1 is 1.12 bits per heavy atom. The molecule has 0 atom stereocenters. The minimum Gasteiger partial charge on any atom is -0.444 e. The second kappa shape index (κ2) is 7.20. The van der Waals surface area contributed by atoms with Crippen LogP contribution in [0.1, 0.15) is 30.4 Å². The molecule has 26 heavy (non-hydrogen) atoms. The van der Waals surface area contributed by atoms with Crippen LogP contribution < -0.4 is 10.2 Å². The first-order chi connectivity index (χ1) is 12.7. The standard InChI is InChI=1S/C21H22N2O3/c24-20(17-8-9-17)23-12-4-7-16-10-11-18(13-19(16)23)22-21(25)26-14-15-5-2-1-3-6-15/h1-3,5-6,10-11,13,17H,4,7-9,12,14H2,(H,22,25). The summed E-state index contributed by atoms with van der Waals surface area (Å²) in [7, 11) is 0. The fourth-order valence-electron chi connectivity index (χ4n) is 3.31. The molecule has 1 heterocycles. The lowest BCUT2D eigenvalue weighted by Crippen LogP contribution is -2.36. The maximum atomic E-state index is 12.5. The number of benzene rings is 2. The molecule has 5 heteroatoms. The summed E-state index contributed by atoms with van der Waals surface area (Å²) in [6, 6.07) is 15.3. The molecule has 2 aromatic carbocycles. The minimum absolute atomic E-state index is 0.188. The van der Waals surface area contributed by atoms with Gasteiger partial charge in [-0.05, 0) is 48.9 Å². The van der Waals surface area contributed by atoms with E-state index in [9.17, 15) is 9.59 Å². The number of nitrogens with one attached hydrogen (secondary N) is 1. The largest absolute Gasteiger partial charge is 0.444 e. The lowest BCUT2D eigenvalue weighted by Gasteiger charge is -2.30. The average molecular weight is 350 g/mol. The molecule has 0 radical (unpaired) electrons. The third-order valence-corrected chi connectivity index (χ3v) is 4.86. The van der Waals surface area contributed by atoms with Gasteiger partial charge in [0.2, 0.25) is 5.91 Å². The molecule has 0 saturated heterocycles. The maximum absolute atomic E-state index is 12.5. The van der Waals surface area contributed by atoms with Gasteiger partial charge in [-0.25, -0.2) is 4.79 Å². The van der Waals surface area contributed by atoms with Gasteiger partial charge in [-0.2, -0.15) is 0 Å². The summed E-state index contributed by atoms with van der Waals surface area (Å²) < 4.78 is 5.27. The number of hydrogen-bond donors (Lipinski definition) is 1. The summed E-state index contributed by atoms with van der Waals surface area (Å²) in [5, 5.41) is 2.77. The number of carbonyl (C=O) groups is 2. The van der Waals surface area contributed by atoms with Crippen molar-refractivity contribution in [3.63, 3.8) is 0 Å². The zero-order valence-electron chi connectivity index (χ0n) is 14.6. The van der Waals surface area contributed by atoms with Gasteiger partial charge in [0.1, 0.15) is 6.61 Å². The molecule has 0 bridgehead atoms. The topological polar surface area (TPSA) is 58.6 Å². The maximum Gasteiger partial charge on any atom is 0.411 e. The number of fused-ring (bicyclic) bond motifs is 1. The van der Waals surface area contributed by atoms with Crippen LogP contribution in [0.3, 0.4) is 0 Å². The summed E-state index contributed by atoms with van der Waals surface area (Å²) in [5.41, 5.74) is 3.68. The third-order valence-electron chi connectivity index (χ3n) is 4.86. The van der Waals surface area contributed by atoms with E-state index in [-0.39, 0.29) is 18.4 Å². The van der Waals surface area contributed by atoms with Gasteiger partial charge in [-0.15, -0.1) is 0 Å². The first-order valence-electron chi connectivity index (χ1n) is 9.13. The lowest BCUT2D eigenvalue weighted by atomic mass is 10.0. The van der Waals surface area contributed by atoms with Crippen LogP contribution in [-0.4, -0.2) is 18.5 Å². The number of nitrogens with zero attached hydrogens (tertiary/aromatic N) is 1. The van der Waals surface area contributed by atoms with E-state index in [0.29, 0.717) is 5.69 Å². The van der Waals surface area contributed by atoms with E-state index in [1.54, 1.807) is 0 Å². The van der Waals surface area contributed by atoms with E-state index in [1.807, 2.05) is 53.4 Å². The van der Waals surface area contributed by atoms with Gasteiger partial charge in [-0.1, -0.05) is 36.4 Å². The summed E-state index contributed by atoms with van der Waals surface area (Å²) in [5.74, 6) is 0.406. The van der Waals surface area contributed by atoms with Gasteiger partial charge >= 0.3 is 6.09 Å². The number of amides is 2. The molecule has 1 fully saturated rings. The van der Waals surface area contributed by atoms with Crippen molar-refractivity contribution in [2.24, 2.45) is 5.92 Å². The molecule has 5 nitrogen and oxygen atoms in total. The Hall–Kier alpha value is -2.82. The summed E-state index contributed by atoms with van der Waals surface area (Å²) in [6.07, 6.45) is 3.44. The van der Waals surface area contributed by atoms with Crippen molar-refractivity contribution >= 4 is 23.4 Å². The van der Waals surface area contributed by atoms with E-state index in [2.05, 4.69) is 5.32 Å². The van der Waals surface area contributed by atoms with Gasteiger partial charge in [0.05, 0.1) is 0 Å². The predicted molar refractivity (Wildman–Crippen MR) is 100 cm³/mol. The van der Waals surface area contributed by atoms with Crippen LogP contribution in [0.5, 0.6) is 0 Å². The molecule has 2 aliphatic rings. The van der Waals surface area contributed by atoms with Gasteiger partial charge in [0, 0.05) is 23.8 Å². The molecular weight excluding hydrogens is 328 g/mol. The van der Waals surface area contributed by atoms with Crippen LogP contribution in [0, 0.1) is 5.92 Å². The van der Waals surface area contributed by atoms with Crippen LogP contribution in [0.15, 0.2) is 48.5 Å². The van der Waals surface area contributed by atoms with Crippen LogP contribution in [0.4, 0.5) is 16.2 Å². The first-order valence-corrected chi connectivity index (χ1v) is 9.13. The normalized spacial score (nSPS) is 15.9. The zero-order chi connectivity index (χ0) is 17.9. The van der Waals surface area contributed by atoms with Crippen molar-refractivity contribution in [3.8, 4) is 0 Å². The summed E-state index contributed by atoms with van der Waals surface area (Å²) in [4.78, 5) is 26.5. The highest BCUT2D eigenvalue weighted by atomic mass is 16.5. The molecule has 1 saturated carbocycles. The van der Waals surface area contributed by atoms with Gasteiger partial charge < -0.3 is 9.64 Å². The van der Waals surface area contributed by atoms with E-state index in [1.165, 1.54) is 0 Å². The van der Waals surface area contributed by atoms with Crippen molar-refractivity contribution in [2.75, 3.05) is 16.8 Å². The van der Waals surface area contributed by atoms with E-state index < -0.39 is 6.09 Å². The third kappa shape index (κ3) is 3.72. The average Bonchev–Trinajstić information content (AvgIpc) is 3.51. The van der Waals surface area contributed by atoms with Crippen LogP contribution in [0.2, 0.25) is 0 Å². The molecule has 134 valence electrons. The number of carbonyl (C=O) groups excluding carboxylic acids is 2. The second-order valence-electron chi connectivity index (χ2n) is 6.90. The Morgan fingerprint density at radius 2 is 1.92 bits per heavy atom. The molecule has 1 aliphatic carbocycles. The molecule has 0 unspecified atom stereocenters. The highest BCUT2D eigenvalue weighted by Crippen LogP contribution is 2.36. The molecule has 1 N–H and O–H groups in total. The SMILES string of the molecule is O=C(Nc1ccc2c(c1)N(C(=O)C1CC1)CCC2)OCc1ccccc1. The Labute approximate surface area is 153 Å². The van der Waals surface area contributed by atoms with Crippen molar-refractivity contribution in [1.82, 2.24) is 0 Å². The van der Waals surface area contributed by atoms with Crippen molar-refractivity contribution in [2.45, 2.75) is 32.3 Å². The van der Waals surface area contributed by atoms with Crippen molar-refractivity contribution in [3.05, 3.63) is 59.7 Å².